The van der Waals surface area contributed by atoms with Crippen molar-refractivity contribution >= 4 is 11.9 Å². The fraction of sp³-hybridized carbons (Fsp3) is 0.700. The molecular weight excluding hydrogens is 560 g/mol. The summed E-state index contributed by atoms with van der Waals surface area (Å²) in [7, 11) is 0. The Hall–Kier alpha value is -2.40. The summed E-state index contributed by atoms with van der Waals surface area (Å²) in [6.07, 6.45) is 45.6. The van der Waals surface area contributed by atoms with Crippen LogP contribution in [-0.4, -0.2) is 36.4 Å². The zero-order valence-electron chi connectivity index (χ0n) is 29.1. The molecule has 0 radical (unpaired) electrons. The van der Waals surface area contributed by atoms with E-state index in [1.807, 2.05) is 6.08 Å². The van der Waals surface area contributed by atoms with Crippen LogP contribution < -0.4 is 0 Å². The summed E-state index contributed by atoms with van der Waals surface area (Å²) in [4.78, 5) is 24.2. The van der Waals surface area contributed by atoms with E-state index < -0.39 is 6.10 Å². The van der Waals surface area contributed by atoms with E-state index in [1.54, 1.807) is 0 Å². The van der Waals surface area contributed by atoms with Crippen LogP contribution in [0.2, 0.25) is 0 Å². The molecule has 258 valence electrons. The second-order valence-corrected chi connectivity index (χ2v) is 12.0. The van der Waals surface area contributed by atoms with Crippen LogP contribution in [-0.2, 0) is 19.1 Å². The van der Waals surface area contributed by atoms with E-state index in [2.05, 4.69) is 68.5 Å². The molecule has 0 aromatic rings. The van der Waals surface area contributed by atoms with Gasteiger partial charge in [0.1, 0.15) is 6.61 Å². The van der Waals surface area contributed by atoms with Crippen molar-refractivity contribution in [3.8, 4) is 0 Å². The maximum Gasteiger partial charge on any atom is 0.306 e. The number of allylic oxidation sites excluding steroid dienone is 10. The van der Waals surface area contributed by atoms with Gasteiger partial charge in [-0.3, -0.25) is 9.59 Å². The Balaban J connectivity index is 3.64. The molecule has 0 fully saturated rings. The molecule has 0 aliphatic carbocycles. The van der Waals surface area contributed by atoms with Gasteiger partial charge in [-0.1, -0.05) is 152 Å². The molecule has 0 aromatic carbocycles. The molecule has 0 amide bonds. The molecule has 5 heteroatoms. The Kier molecular flexibility index (Phi) is 34.1. The lowest BCUT2D eigenvalue weighted by Gasteiger charge is -2.15. The second kappa shape index (κ2) is 36.1. The number of aliphatic hydroxyl groups excluding tert-OH is 1. The third kappa shape index (κ3) is 34.3. The van der Waals surface area contributed by atoms with E-state index >= 15 is 0 Å². The third-order valence-electron chi connectivity index (χ3n) is 7.63. The summed E-state index contributed by atoms with van der Waals surface area (Å²) >= 11 is 0. The fourth-order valence-electron chi connectivity index (χ4n) is 4.84. The Morgan fingerprint density at radius 3 is 1.44 bits per heavy atom. The van der Waals surface area contributed by atoms with Crippen molar-refractivity contribution in [2.75, 3.05) is 13.2 Å². The predicted octanol–water partition coefficient (Wildman–Crippen LogP) is 11.2. The van der Waals surface area contributed by atoms with E-state index in [9.17, 15) is 14.7 Å². The molecular formula is C40H68O5. The molecule has 1 N–H and O–H groups in total. The summed E-state index contributed by atoms with van der Waals surface area (Å²) < 4.78 is 10.5. The first-order valence-corrected chi connectivity index (χ1v) is 18.4. The smallest absolute Gasteiger partial charge is 0.306 e. The average Bonchev–Trinajstić information content (AvgIpc) is 3.04. The van der Waals surface area contributed by atoms with Crippen molar-refractivity contribution in [2.24, 2.45) is 0 Å². The molecule has 1 atom stereocenters. The highest BCUT2D eigenvalue weighted by Crippen LogP contribution is 2.11. The Labute approximate surface area is 277 Å². The van der Waals surface area contributed by atoms with Gasteiger partial charge in [-0.25, -0.2) is 0 Å². The number of aliphatic hydroxyl groups is 1. The molecule has 0 saturated carbocycles. The van der Waals surface area contributed by atoms with E-state index in [0.29, 0.717) is 12.8 Å². The van der Waals surface area contributed by atoms with Gasteiger partial charge in [0.25, 0.3) is 0 Å². The van der Waals surface area contributed by atoms with Crippen molar-refractivity contribution in [1.29, 1.82) is 0 Å². The van der Waals surface area contributed by atoms with Crippen molar-refractivity contribution in [3.63, 3.8) is 0 Å². The number of hydrogen-bond acceptors (Lipinski definition) is 5. The van der Waals surface area contributed by atoms with Crippen LogP contribution >= 0.6 is 0 Å². The number of rotatable bonds is 32. The second-order valence-electron chi connectivity index (χ2n) is 12.0. The van der Waals surface area contributed by atoms with Crippen molar-refractivity contribution < 1.29 is 24.2 Å². The van der Waals surface area contributed by atoms with Crippen molar-refractivity contribution in [3.05, 3.63) is 60.8 Å². The topological polar surface area (TPSA) is 72.8 Å². The molecule has 0 aliphatic heterocycles. The number of unbranched alkanes of at least 4 members (excludes halogenated alkanes) is 17. The van der Waals surface area contributed by atoms with Crippen LogP contribution in [0.1, 0.15) is 162 Å². The van der Waals surface area contributed by atoms with Crippen LogP contribution in [0.4, 0.5) is 0 Å². The van der Waals surface area contributed by atoms with Crippen molar-refractivity contribution in [1.82, 2.24) is 0 Å². The van der Waals surface area contributed by atoms with Crippen LogP contribution in [0.3, 0.4) is 0 Å². The maximum atomic E-state index is 12.1. The third-order valence-corrected chi connectivity index (χ3v) is 7.63. The van der Waals surface area contributed by atoms with Gasteiger partial charge in [-0.05, 0) is 57.8 Å². The quantitative estimate of drug-likeness (QED) is 0.0456. The van der Waals surface area contributed by atoms with E-state index in [4.69, 9.17) is 9.47 Å². The molecule has 5 nitrogen and oxygen atoms in total. The van der Waals surface area contributed by atoms with Crippen LogP contribution in [0.25, 0.3) is 0 Å². The van der Waals surface area contributed by atoms with Crippen LogP contribution in [0, 0.1) is 0 Å². The van der Waals surface area contributed by atoms with Crippen LogP contribution in [0.5, 0.6) is 0 Å². The predicted molar refractivity (Wildman–Crippen MR) is 191 cm³/mol. The standard InChI is InChI=1S/C40H68O5/c1-3-5-7-9-11-13-15-17-18-19-20-21-23-25-27-29-31-33-35-40(43)45-38(36-41)37-44-39(42)34-32-30-28-26-24-22-16-14-12-10-8-6-4-2/h6,8,10,12,14,16,18-21,38,41H,3-5,7,9,11,13,15,17,22-37H2,1-2H3/b8-6+,12-10+,16-14+,19-18+,21-20+. The summed E-state index contributed by atoms with van der Waals surface area (Å²) in [6.45, 7) is 3.95. The molecule has 0 heterocycles. The molecule has 0 rings (SSSR count). The highest BCUT2D eigenvalue weighted by atomic mass is 16.6. The van der Waals surface area contributed by atoms with E-state index in [-0.39, 0.29) is 25.2 Å². The normalized spacial score (nSPS) is 12.9. The minimum atomic E-state index is -0.789. The SMILES string of the molecule is CC/C=C/C=C/C=C/CCCCCCCC(=O)OCC(CO)OC(=O)CCCCCCC/C=C/C=C/CCCCCCCCC. The molecule has 45 heavy (non-hydrogen) atoms. The van der Waals surface area contributed by atoms with E-state index in [1.165, 1.54) is 51.4 Å². The Morgan fingerprint density at radius 2 is 0.956 bits per heavy atom. The first kappa shape index (κ1) is 42.6. The largest absolute Gasteiger partial charge is 0.462 e. The first-order valence-electron chi connectivity index (χ1n) is 18.4. The average molecular weight is 629 g/mol. The lowest BCUT2D eigenvalue weighted by Crippen LogP contribution is -2.28. The minimum Gasteiger partial charge on any atom is -0.462 e. The molecule has 0 spiro atoms. The Bertz CT molecular complexity index is 808. The molecule has 0 saturated heterocycles. The number of carbonyl (C=O) groups excluding carboxylic acids is 2. The van der Waals surface area contributed by atoms with Gasteiger partial charge in [0.2, 0.25) is 0 Å². The molecule has 0 aliphatic rings. The van der Waals surface area contributed by atoms with Gasteiger partial charge in [-0.15, -0.1) is 0 Å². The zero-order valence-corrected chi connectivity index (χ0v) is 29.1. The van der Waals surface area contributed by atoms with Gasteiger partial charge in [0.05, 0.1) is 6.61 Å². The van der Waals surface area contributed by atoms with Gasteiger partial charge < -0.3 is 14.6 Å². The van der Waals surface area contributed by atoms with Gasteiger partial charge >= 0.3 is 11.9 Å². The lowest BCUT2D eigenvalue weighted by molar-refractivity contribution is -0.161. The van der Waals surface area contributed by atoms with Crippen molar-refractivity contribution in [2.45, 2.75) is 168 Å². The lowest BCUT2D eigenvalue weighted by atomic mass is 10.1. The summed E-state index contributed by atoms with van der Waals surface area (Å²) in [5, 5.41) is 9.52. The fourth-order valence-corrected chi connectivity index (χ4v) is 4.84. The zero-order chi connectivity index (χ0) is 32.9. The van der Waals surface area contributed by atoms with Gasteiger partial charge in [-0.2, -0.15) is 0 Å². The number of hydrogen-bond donors (Lipinski definition) is 1. The van der Waals surface area contributed by atoms with Gasteiger partial charge in [0, 0.05) is 12.8 Å². The number of esters is 2. The Morgan fingerprint density at radius 1 is 0.533 bits per heavy atom. The highest BCUT2D eigenvalue weighted by Gasteiger charge is 2.16. The molecule has 0 bridgehead atoms. The summed E-state index contributed by atoms with van der Waals surface area (Å²) in [6, 6.07) is 0. The molecule has 1 unspecified atom stereocenters. The van der Waals surface area contributed by atoms with E-state index in [0.717, 1.165) is 83.5 Å². The summed E-state index contributed by atoms with van der Waals surface area (Å²) in [5.74, 6) is -0.638. The molecule has 0 aromatic heterocycles. The maximum absolute atomic E-state index is 12.1. The number of ether oxygens (including phenoxy) is 2. The minimum absolute atomic E-state index is 0.0854. The summed E-state index contributed by atoms with van der Waals surface area (Å²) in [5.41, 5.74) is 0. The monoisotopic (exact) mass is 629 g/mol. The van der Waals surface area contributed by atoms with Crippen LogP contribution in [0.15, 0.2) is 60.8 Å². The first-order chi connectivity index (χ1) is 22.1. The highest BCUT2D eigenvalue weighted by molar-refractivity contribution is 5.70. The number of carbonyl (C=O) groups is 2. The van der Waals surface area contributed by atoms with Gasteiger partial charge in [0.15, 0.2) is 6.10 Å².